The highest BCUT2D eigenvalue weighted by atomic mass is 19.1. The lowest BCUT2D eigenvalue weighted by atomic mass is 9.57. The topological polar surface area (TPSA) is 174 Å². The molecule has 39 heavy (non-hydrogen) atoms. The van der Waals surface area contributed by atoms with E-state index in [-0.39, 0.29) is 47.7 Å². The van der Waals surface area contributed by atoms with Crippen LogP contribution in [0.5, 0.6) is 5.75 Å². The molecule has 0 bridgehead atoms. The van der Waals surface area contributed by atoms with Crippen LogP contribution in [0.4, 0.5) is 4.39 Å². The quantitative estimate of drug-likeness (QED) is 0.324. The molecule has 12 heteroatoms. The van der Waals surface area contributed by atoms with Gasteiger partial charge in [0.2, 0.25) is 5.78 Å². The zero-order chi connectivity index (χ0) is 28.5. The van der Waals surface area contributed by atoms with Gasteiger partial charge in [0.1, 0.15) is 28.7 Å². The zero-order valence-electron chi connectivity index (χ0n) is 21.9. The van der Waals surface area contributed by atoms with Crippen LogP contribution in [0.25, 0.3) is 5.76 Å². The Kier molecular flexibility index (Phi) is 6.57. The standard InChI is InChI=1S/C27H32FN3O8/c1-30(2)21-15-7-11-6-14-18(16(32)8-12(20(14)28)9-31(3)13-4-5-39-10-13)22(33)17(11)24(35)27(15,38)25(36)19(23(21)34)26(29)37/h8,11,13,15,21,32-33,36,38H,4-7,9-10H2,1-3H3,(H2,29,37)/t11-,13+,15-,21-,27-/m0/s1. The third kappa shape index (κ3) is 3.88. The smallest absolute Gasteiger partial charge is 0.255 e. The molecule has 11 nitrogen and oxygen atoms in total. The van der Waals surface area contributed by atoms with E-state index >= 15 is 4.39 Å². The van der Waals surface area contributed by atoms with Crippen molar-refractivity contribution in [2.75, 3.05) is 34.4 Å². The first-order chi connectivity index (χ1) is 18.3. The van der Waals surface area contributed by atoms with Crippen LogP contribution in [-0.4, -0.2) is 99.7 Å². The van der Waals surface area contributed by atoms with E-state index in [9.17, 15) is 34.8 Å². The molecule has 1 aliphatic heterocycles. The second-order valence-corrected chi connectivity index (χ2v) is 11.1. The van der Waals surface area contributed by atoms with E-state index in [2.05, 4.69) is 0 Å². The molecule has 6 N–H and O–H groups in total. The Labute approximate surface area is 223 Å². The number of aliphatic hydroxyl groups excluding tert-OH is 2. The molecule has 2 fully saturated rings. The zero-order valence-corrected chi connectivity index (χ0v) is 21.9. The highest BCUT2D eigenvalue weighted by Crippen LogP contribution is 2.53. The number of nitrogens with two attached hydrogens (primary N) is 1. The fourth-order valence-electron chi connectivity index (χ4n) is 6.73. The average molecular weight is 546 g/mol. The van der Waals surface area contributed by atoms with E-state index in [1.165, 1.54) is 25.1 Å². The van der Waals surface area contributed by atoms with Crippen LogP contribution in [0.3, 0.4) is 0 Å². The van der Waals surface area contributed by atoms with Gasteiger partial charge in [0.05, 0.1) is 18.2 Å². The number of likely N-dealkylation sites (N-methyl/N-ethyl adjacent to an activating group) is 2. The number of Topliss-reactive ketones (excluding diaryl/α,β-unsaturated/α-hetero) is 2. The molecule has 5 atom stereocenters. The van der Waals surface area contributed by atoms with Gasteiger partial charge in [-0.25, -0.2) is 4.39 Å². The molecule has 5 rings (SSSR count). The van der Waals surface area contributed by atoms with Crippen LogP contribution < -0.4 is 5.73 Å². The molecule has 3 aliphatic carbocycles. The van der Waals surface area contributed by atoms with Crippen LogP contribution in [-0.2, 0) is 32.1 Å². The van der Waals surface area contributed by atoms with Gasteiger partial charge in [-0.1, -0.05) is 0 Å². The van der Waals surface area contributed by atoms with Gasteiger partial charge < -0.3 is 30.9 Å². The summed E-state index contributed by atoms with van der Waals surface area (Å²) < 4.78 is 21.3. The fraction of sp³-hybridized carbons (Fsp3) is 0.519. The number of carbonyl (C=O) groups is 3. The summed E-state index contributed by atoms with van der Waals surface area (Å²) in [4.78, 5) is 42.3. The summed E-state index contributed by atoms with van der Waals surface area (Å²) >= 11 is 0. The van der Waals surface area contributed by atoms with Crippen LogP contribution in [0.2, 0.25) is 0 Å². The van der Waals surface area contributed by atoms with E-state index in [0.29, 0.717) is 13.2 Å². The van der Waals surface area contributed by atoms with Gasteiger partial charge in [0, 0.05) is 41.8 Å². The van der Waals surface area contributed by atoms with Crippen molar-refractivity contribution in [1.29, 1.82) is 0 Å². The Morgan fingerprint density at radius 3 is 2.51 bits per heavy atom. The Hall–Kier alpha value is -3.32. The molecule has 1 aromatic carbocycles. The molecule has 0 unspecified atom stereocenters. The highest BCUT2D eigenvalue weighted by Gasteiger charge is 2.64. The SMILES string of the molecule is CN(C)[C@@H]1C(=O)C(C(N)=O)=C(O)[C@@]2(O)C(=O)C3=C(O)c4c(O)cc(CN(C)[C@@H]5CCOC5)c(F)c4C[C@H]3C[C@@H]12. The number of benzene rings is 1. The number of halogens is 1. The lowest BCUT2D eigenvalue weighted by Crippen LogP contribution is -2.65. The third-order valence-corrected chi connectivity index (χ3v) is 8.68. The minimum atomic E-state index is -2.73. The van der Waals surface area contributed by atoms with Crippen molar-refractivity contribution in [2.24, 2.45) is 17.6 Å². The number of ketones is 2. The summed E-state index contributed by atoms with van der Waals surface area (Å²) in [5.41, 5.74) is 1.36. The van der Waals surface area contributed by atoms with Gasteiger partial charge in [-0.3, -0.25) is 24.2 Å². The minimum Gasteiger partial charge on any atom is -0.508 e. The summed E-state index contributed by atoms with van der Waals surface area (Å²) in [5, 5.41) is 44.5. The molecule has 0 spiro atoms. The average Bonchev–Trinajstić information content (AvgIpc) is 3.39. The first-order valence-electron chi connectivity index (χ1n) is 12.8. The van der Waals surface area contributed by atoms with E-state index in [1.807, 2.05) is 11.9 Å². The Balaban J connectivity index is 1.62. The lowest BCUT2D eigenvalue weighted by Gasteiger charge is -2.50. The van der Waals surface area contributed by atoms with E-state index in [0.717, 1.165) is 6.42 Å². The third-order valence-electron chi connectivity index (χ3n) is 8.68. The van der Waals surface area contributed by atoms with E-state index in [4.69, 9.17) is 10.5 Å². The molecule has 0 radical (unpaired) electrons. The largest absolute Gasteiger partial charge is 0.508 e. The van der Waals surface area contributed by atoms with E-state index in [1.54, 1.807) is 0 Å². The number of carbonyl (C=O) groups excluding carboxylic acids is 3. The molecule has 1 aromatic rings. The summed E-state index contributed by atoms with van der Waals surface area (Å²) in [7, 11) is 4.86. The first kappa shape index (κ1) is 27.3. The number of phenolic OH excluding ortho intramolecular Hbond substituents is 1. The number of hydrogen-bond acceptors (Lipinski definition) is 10. The van der Waals surface area contributed by atoms with Crippen LogP contribution >= 0.6 is 0 Å². The normalized spacial score (nSPS) is 30.6. The number of aromatic hydroxyl groups is 1. The van der Waals surface area contributed by atoms with Crippen molar-refractivity contribution in [1.82, 2.24) is 9.80 Å². The molecule has 210 valence electrons. The van der Waals surface area contributed by atoms with Crippen molar-refractivity contribution < 1.29 is 43.9 Å². The second kappa shape index (κ2) is 9.40. The van der Waals surface area contributed by atoms with Crippen LogP contribution in [0.1, 0.15) is 29.5 Å². The number of nitrogens with zero attached hydrogens (tertiary/aromatic N) is 2. The number of aliphatic hydroxyl groups is 3. The maximum atomic E-state index is 15.9. The van der Waals surface area contributed by atoms with Crippen molar-refractivity contribution in [3.63, 3.8) is 0 Å². The maximum absolute atomic E-state index is 15.9. The molecule has 1 saturated carbocycles. The predicted molar refractivity (Wildman–Crippen MR) is 135 cm³/mol. The number of phenols is 1. The van der Waals surface area contributed by atoms with Gasteiger partial charge in [-0.15, -0.1) is 0 Å². The molecule has 1 saturated heterocycles. The van der Waals surface area contributed by atoms with Gasteiger partial charge in [-0.05, 0) is 52.4 Å². The second-order valence-electron chi connectivity index (χ2n) is 11.1. The van der Waals surface area contributed by atoms with Crippen molar-refractivity contribution in [3.05, 3.63) is 45.5 Å². The van der Waals surface area contributed by atoms with Crippen molar-refractivity contribution >= 4 is 23.2 Å². The number of hydrogen-bond donors (Lipinski definition) is 5. The molecule has 0 aromatic heterocycles. The number of rotatable bonds is 5. The number of amides is 1. The predicted octanol–water partition coefficient (Wildman–Crippen LogP) is 0.324. The molecule has 1 amide bonds. The maximum Gasteiger partial charge on any atom is 0.255 e. The highest BCUT2D eigenvalue weighted by molar-refractivity contribution is 6.24. The monoisotopic (exact) mass is 545 g/mol. The Morgan fingerprint density at radius 1 is 1.23 bits per heavy atom. The molecular weight excluding hydrogens is 513 g/mol. The van der Waals surface area contributed by atoms with E-state index < -0.39 is 69.6 Å². The number of fused-ring (bicyclic) bond motifs is 3. The van der Waals surface area contributed by atoms with Crippen molar-refractivity contribution in [2.45, 2.75) is 43.5 Å². The van der Waals surface area contributed by atoms with Gasteiger partial charge in [0.15, 0.2) is 11.4 Å². The number of primary amides is 1. The van der Waals surface area contributed by atoms with Crippen LogP contribution in [0.15, 0.2) is 23.0 Å². The van der Waals surface area contributed by atoms with Gasteiger partial charge in [0.25, 0.3) is 5.91 Å². The molecular formula is C27H32FN3O8. The molecule has 1 heterocycles. The summed E-state index contributed by atoms with van der Waals surface area (Å²) in [6.45, 7) is 1.30. The lowest BCUT2D eigenvalue weighted by molar-refractivity contribution is -0.153. The van der Waals surface area contributed by atoms with Crippen LogP contribution in [0, 0.1) is 17.7 Å². The number of ether oxygens (including phenoxy) is 1. The van der Waals surface area contributed by atoms with Crippen molar-refractivity contribution in [3.8, 4) is 5.75 Å². The summed E-state index contributed by atoms with van der Waals surface area (Å²) in [6.07, 6.45) is 0.592. The van der Waals surface area contributed by atoms with Gasteiger partial charge >= 0.3 is 0 Å². The Morgan fingerprint density at radius 2 is 1.92 bits per heavy atom. The van der Waals surface area contributed by atoms with Gasteiger partial charge in [-0.2, -0.15) is 0 Å². The Bertz CT molecular complexity index is 1350. The fourth-order valence-corrected chi connectivity index (χ4v) is 6.73. The molecule has 4 aliphatic rings. The first-order valence-corrected chi connectivity index (χ1v) is 12.8. The summed E-state index contributed by atoms with van der Waals surface area (Å²) in [6, 6.07) is 0.0926. The minimum absolute atomic E-state index is 0.0201. The summed E-state index contributed by atoms with van der Waals surface area (Å²) in [5.74, 6) is -8.28.